The van der Waals surface area contributed by atoms with Crippen LogP contribution < -0.4 is 5.73 Å². The van der Waals surface area contributed by atoms with E-state index in [0.717, 1.165) is 31.8 Å². The second-order valence-corrected chi connectivity index (χ2v) is 8.42. The maximum Gasteiger partial charge on any atom is 0.410 e. The van der Waals surface area contributed by atoms with Gasteiger partial charge in [0.25, 0.3) is 0 Å². The molecule has 134 valence electrons. The predicted octanol–water partition coefficient (Wildman–Crippen LogP) is 2.84. The number of hydrogen-bond donors (Lipinski definition) is 1. The van der Waals surface area contributed by atoms with Gasteiger partial charge in [-0.15, -0.1) is 0 Å². The lowest BCUT2D eigenvalue weighted by molar-refractivity contribution is 0.0147. The van der Waals surface area contributed by atoms with Crippen molar-refractivity contribution in [3.8, 4) is 0 Å². The van der Waals surface area contributed by atoms with Crippen LogP contribution >= 0.6 is 0 Å². The van der Waals surface area contributed by atoms with Crippen LogP contribution in [0.1, 0.15) is 59.3 Å². The minimum Gasteiger partial charge on any atom is -0.444 e. The Kier molecular flexibility index (Phi) is 6.32. The van der Waals surface area contributed by atoms with Crippen molar-refractivity contribution in [1.29, 1.82) is 0 Å². The lowest BCUT2D eigenvalue weighted by Gasteiger charge is -2.39. The number of carbonyl (C=O) groups excluding carboxylic acids is 1. The lowest BCUT2D eigenvalue weighted by atomic mass is 9.86. The Labute approximate surface area is 141 Å². The molecule has 0 unspecified atom stereocenters. The second-order valence-electron chi connectivity index (χ2n) is 8.42. The second kappa shape index (κ2) is 7.84. The molecule has 1 aliphatic heterocycles. The van der Waals surface area contributed by atoms with Crippen LogP contribution in [0.25, 0.3) is 0 Å². The van der Waals surface area contributed by atoms with Gasteiger partial charge < -0.3 is 20.3 Å². The standard InChI is InChI=1S/C18H35N3O2/c1-18(2,3)23-17(22)21-11-9-16(10-12-21)20(4)13-14-5-7-15(19)8-6-14/h14-16H,5-13,19H2,1-4H3. The number of rotatable bonds is 3. The summed E-state index contributed by atoms with van der Waals surface area (Å²) in [6.07, 6.45) is 6.81. The molecule has 1 saturated carbocycles. The number of likely N-dealkylation sites (tertiary alicyclic amines) is 1. The van der Waals surface area contributed by atoms with Gasteiger partial charge in [-0.1, -0.05) is 0 Å². The van der Waals surface area contributed by atoms with Gasteiger partial charge in [0.2, 0.25) is 0 Å². The minimum atomic E-state index is -0.410. The maximum absolute atomic E-state index is 12.1. The van der Waals surface area contributed by atoms with Crippen LogP contribution in [-0.4, -0.2) is 60.3 Å². The van der Waals surface area contributed by atoms with Gasteiger partial charge in [0.1, 0.15) is 5.60 Å². The zero-order valence-corrected chi connectivity index (χ0v) is 15.4. The number of amides is 1. The first kappa shape index (κ1) is 18.5. The van der Waals surface area contributed by atoms with E-state index in [0.29, 0.717) is 12.1 Å². The molecule has 0 atom stereocenters. The van der Waals surface area contributed by atoms with Crippen molar-refractivity contribution in [2.45, 2.75) is 77.0 Å². The third-order valence-electron chi connectivity index (χ3n) is 5.18. The van der Waals surface area contributed by atoms with Gasteiger partial charge in [-0.25, -0.2) is 4.79 Å². The molecule has 0 bridgehead atoms. The third-order valence-corrected chi connectivity index (χ3v) is 5.18. The number of carbonyl (C=O) groups is 1. The van der Waals surface area contributed by atoms with Crippen molar-refractivity contribution in [1.82, 2.24) is 9.80 Å². The van der Waals surface area contributed by atoms with Crippen molar-refractivity contribution >= 4 is 6.09 Å². The Hall–Kier alpha value is -0.810. The molecule has 0 spiro atoms. The molecule has 1 amide bonds. The fraction of sp³-hybridized carbons (Fsp3) is 0.944. The molecule has 0 radical (unpaired) electrons. The molecular formula is C18H35N3O2. The van der Waals surface area contributed by atoms with Gasteiger partial charge in [-0.3, -0.25) is 0 Å². The molecular weight excluding hydrogens is 290 g/mol. The van der Waals surface area contributed by atoms with Crippen LogP contribution in [-0.2, 0) is 4.74 Å². The topological polar surface area (TPSA) is 58.8 Å². The highest BCUT2D eigenvalue weighted by molar-refractivity contribution is 5.68. The van der Waals surface area contributed by atoms with Crippen LogP contribution in [0.15, 0.2) is 0 Å². The highest BCUT2D eigenvalue weighted by atomic mass is 16.6. The van der Waals surface area contributed by atoms with Gasteiger partial charge in [0, 0.05) is 31.7 Å². The van der Waals surface area contributed by atoms with Gasteiger partial charge >= 0.3 is 6.09 Å². The van der Waals surface area contributed by atoms with Crippen LogP contribution in [0.4, 0.5) is 4.79 Å². The molecule has 2 N–H and O–H groups in total. The average molecular weight is 325 g/mol. The quantitative estimate of drug-likeness (QED) is 0.867. The Morgan fingerprint density at radius 1 is 1.13 bits per heavy atom. The van der Waals surface area contributed by atoms with Crippen molar-refractivity contribution in [2.24, 2.45) is 11.7 Å². The summed E-state index contributed by atoms with van der Waals surface area (Å²) in [6.45, 7) is 8.53. The van der Waals surface area contributed by atoms with Gasteiger partial charge in [-0.05, 0) is 72.3 Å². The summed E-state index contributed by atoms with van der Waals surface area (Å²) in [6, 6.07) is 1.01. The highest BCUT2D eigenvalue weighted by Crippen LogP contribution is 2.26. The van der Waals surface area contributed by atoms with Crippen LogP contribution in [0.3, 0.4) is 0 Å². The summed E-state index contributed by atoms with van der Waals surface area (Å²) in [4.78, 5) is 16.5. The smallest absolute Gasteiger partial charge is 0.410 e. The molecule has 5 heteroatoms. The maximum atomic E-state index is 12.1. The SMILES string of the molecule is CN(CC1CCC(N)CC1)C1CCN(C(=O)OC(C)(C)C)CC1. The minimum absolute atomic E-state index is 0.167. The largest absolute Gasteiger partial charge is 0.444 e. The van der Waals surface area contributed by atoms with E-state index in [1.165, 1.54) is 32.2 Å². The summed E-state index contributed by atoms with van der Waals surface area (Å²) in [5, 5.41) is 0. The van der Waals surface area contributed by atoms with Crippen LogP contribution in [0, 0.1) is 5.92 Å². The fourth-order valence-corrected chi connectivity index (χ4v) is 3.74. The van der Waals surface area contributed by atoms with Crippen molar-refractivity contribution in [3.05, 3.63) is 0 Å². The number of piperidine rings is 1. The first-order valence-corrected chi connectivity index (χ1v) is 9.18. The lowest BCUT2D eigenvalue weighted by Crippen LogP contribution is -2.48. The summed E-state index contributed by atoms with van der Waals surface area (Å²) < 4.78 is 5.47. The molecule has 5 nitrogen and oxygen atoms in total. The summed E-state index contributed by atoms with van der Waals surface area (Å²) in [5.41, 5.74) is 5.58. The zero-order valence-electron chi connectivity index (χ0n) is 15.4. The molecule has 2 rings (SSSR count). The number of ether oxygens (including phenoxy) is 1. The van der Waals surface area contributed by atoms with E-state index in [2.05, 4.69) is 11.9 Å². The summed E-state index contributed by atoms with van der Waals surface area (Å²) >= 11 is 0. The molecule has 1 saturated heterocycles. The summed E-state index contributed by atoms with van der Waals surface area (Å²) in [7, 11) is 2.24. The van der Waals surface area contributed by atoms with E-state index in [4.69, 9.17) is 10.5 Å². The average Bonchev–Trinajstić information content (AvgIpc) is 2.48. The van der Waals surface area contributed by atoms with Crippen molar-refractivity contribution in [3.63, 3.8) is 0 Å². The molecule has 1 heterocycles. The van der Waals surface area contributed by atoms with Gasteiger partial charge in [0.15, 0.2) is 0 Å². The van der Waals surface area contributed by atoms with Gasteiger partial charge in [-0.2, -0.15) is 0 Å². The number of hydrogen-bond acceptors (Lipinski definition) is 4. The molecule has 0 aromatic carbocycles. The Bertz CT molecular complexity index is 378. The van der Waals surface area contributed by atoms with Crippen LogP contribution in [0.5, 0.6) is 0 Å². The Balaban J connectivity index is 1.72. The van der Waals surface area contributed by atoms with E-state index in [1.807, 2.05) is 25.7 Å². The molecule has 23 heavy (non-hydrogen) atoms. The Morgan fingerprint density at radius 2 is 1.70 bits per heavy atom. The van der Waals surface area contributed by atoms with E-state index < -0.39 is 5.60 Å². The van der Waals surface area contributed by atoms with E-state index in [-0.39, 0.29) is 6.09 Å². The first-order chi connectivity index (χ1) is 10.7. The number of nitrogens with zero attached hydrogens (tertiary/aromatic N) is 2. The summed E-state index contributed by atoms with van der Waals surface area (Å²) in [5.74, 6) is 0.795. The van der Waals surface area contributed by atoms with Crippen molar-refractivity contribution < 1.29 is 9.53 Å². The molecule has 1 aliphatic carbocycles. The Morgan fingerprint density at radius 3 is 2.22 bits per heavy atom. The van der Waals surface area contributed by atoms with E-state index in [9.17, 15) is 4.79 Å². The fourth-order valence-electron chi connectivity index (χ4n) is 3.74. The normalized spacial score (nSPS) is 27.3. The first-order valence-electron chi connectivity index (χ1n) is 9.18. The molecule has 0 aromatic rings. The van der Waals surface area contributed by atoms with E-state index >= 15 is 0 Å². The third kappa shape index (κ3) is 5.96. The van der Waals surface area contributed by atoms with Crippen molar-refractivity contribution in [2.75, 3.05) is 26.7 Å². The van der Waals surface area contributed by atoms with Crippen LogP contribution in [0.2, 0.25) is 0 Å². The highest BCUT2D eigenvalue weighted by Gasteiger charge is 2.29. The predicted molar refractivity (Wildman–Crippen MR) is 93.4 cm³/mol. The zero-order chi connectivity index (χ0) is 17.0. The van der Waals surface area contributed by atoms with E-state index in [1.54, 1.807) is 0 Å². The molecule has 2 aliphatic rings. The van der Waals surface area contributed by atoms with Gasteiger partial charge in [0.05, 0.1) is 0 Å². The molecule has 0 aromatic heterocycles. The number of nitrogens with two attached hydrogens (primary N) is 1. The molecule has 2 fully saturated rings. The monoisotopic (exact) mass is 325 g/mol.